The van der Waals surface area contributed by atoms with Crippen molar-refractivity contribution in [2.45, 2.75) is 112 Å². The fourth-order valence-electron chi connectivity index (χ4n) is 11.6. The van der Waals surface area contributed by atoms with E-state index in [0.29, 0.717) is 50.1 Å². The second-order valence-corrected chi connectivity index (χ2v) is 19.7. The third-order valence-corrected chi connectivity index (χ3v) is 16.7. The smallest absolute Gasteiger partial charge is 0.137 e. The quantitative estimate of drug-likeness (QED) is 0.0450. The highest BCUT2D eigenvalue weighted by Gasteiger charge is 2.32. The zero-order valence-electron chi connectivity index (χ0n) is 39.3. The number of phenolic OH excluding ortho intramolecular Hbond substituents is 4. The zero-order chi connectivity index (χ0) is 47.1. The van der Waals surface area contributed by atoms with E-state index in [2.05, 4.69) is 59.4 Å². The average Bonchev–Trinajstić information content (AvgIpc) is 3.84. The average molecular weight is 889 g/mol. The molecule has 65 heavy (non-hydrogen) atoms. The summed E-state index contributed by atoms with van der Waals surface area (Å²) in [6, 6.07) is 3.80. The van der Waals surface area contributed by atoms with Gasteiger partial charge < -0.3 is 20.4 Å². The van der Waals surface area contributed by atoms with Gasteiger partial charge in [0.05, 0.1) is 0 Å². The molecule has 4 radical (unpaired) electrons. The first-order valence-electron chi connectivity index (χ1n) is 22.3. The molecule has 8 heteroatoms. The van der Waals surface area contributed by atoms with E-state index in [1.165, 1.54) is 5.57 Å². The first-order chi connectivity index (χ1) is 30.6. The number of phenols is 4. The van der Waals surface area contributed by atoms with Crippen LogP contribution in [0.25, 0.3) is 59.8 Å². The molecule has 0 unspecified atom stereocenters. The molecule has 2 bridgehead atoms. The normalized spacial score (nSPS) is 14.6. The molecular weight excluding hydrogens is 834 g/mol. The molecular formula is C57H54B2O4S2. The maximum Gasteiger partial charge on any atom is 0.137 e. The maximum atomic E-state index is 12.4. The van der Waals surface area contributed by atoms with Crippen molar-refractivity contribution in [3.8, 4) is 23.0 Å². The van der Waals surface area contributed by atoms with Crippen LogP contribution in [0.3, 0.4) is 0 Å². The monoisotopic (exact) mass is 888 g/mol. The summed E-state index contributed by atoms with van der Waals surface area (Å²) >= 11 is 9.70. The molecule has 0 fully saturated rings. The summed E-state index contributed by atoms with van der Waals surface area (Å²) in [6.45, 7) is 26.8. The molecule has 0 saturated heterocycles. The van der Waals surface area contributed by atoms with Crippen molar-refractivity contribution in [2.24, 2.45) is 0 Å². The standard InChI is InChI=1S/C57H54B2O4S2/c1-22-18-39-49-36(31(10)57(65)55(39)63)19-35-30(9)53(61)40-20-37(29(8)45(40)50(35)49)52(59)42(22)43(33(12)58)25(4)23(2)26(5)44-38-21-41(60)56(64)32(11)46(38)48(34-16-14-13-15-17-34)47-27(6)24(3)28(7)54(62)51(44)47/h13-14,16,18,21,60-65H,12,15,17,19-20H2,1-11H3/b22-18?,26-23+,39-18?,42-22?,43-25+,52-37?,52-42?. The Hall–Kier alpha value is -5.43. The maximum absolute atomic E-state index is 12.4. The van der Waals surface area contributed by atoms with E-state index < -0.39 is 0 Å². The molecule has 0 atom stereocenters. The van der Waals surface area contributed by atoms with Crippen LogP contribution in [0.4, 0.5) is 0 Å². The molecule has 0 heterocycles. The van der Waals surface area contributed by atoms with Gasteiger partial charge in [-0.25, -0.2) is 0 Å². The van der Waals surface area contributed by atoms with Crippen LogP contribution in [0.1, 0.15) is 117 Å². The number of fused-ring (bicyclic) bond motifs is 3. The number of hydrogen-bond donors (Lipinski definition) is 6. The van der Waals surface area contributed by atoms with Crippen molar-refractivity contribution in [3.05, 3.63) is 137 Å². The number of aryl methyl sites for hydroxylation is 4. The fourth-order valence-corrected chi connectivity index (χ4v) is 12.0. The van der Waals surface area contributed by atoms with Gasteiger partial charge in [0, 0.05) is 32.5 Å². The molecule has 6 aromatic rings. The summed E-state index contributed by atoms with van der Waals surface area (Å²) in [7, 11) is 14.5. The molecule has 6 aromatic carbocycles. The Balaban J connectivity index is 1.46. The Morgan fingerprint density at radius 2 is 1.26 bits per heavy atom. The lowest BCUT2D eigenvalue weighted by Gasteiger charge is -2.27. The van der Waals surface area contributed by atoms with Crippen molar-refractivity contribution in [3.63, 3.8) is 0 Å². The predicted octanol–water partition coefficient (Wildman–Crippen LogP) is 13.6. The lowest BCUT2D eigenvalue weighted by molar-refractivity contribution is 0.462. The number of thiol groups is 2. The highest BCUT2D eigenvalue weighted by molar-refractivity contribution is 7.80. The number of rotatable bonds is 5. The Morgan fingerprint density at radius 3 is 1.91 bits per heavy atom. The SMILES string of the molecule is [B]C(=C)/C(=C(C)\C(C)=C(/C)c1c2cc(O)c(S)c(C)c2c(C2=CC=CCC2)c2c(C)c(C)c(C)c(O)c12)c1c(C)cc2c(O)c(S)c(C)c3c2c2c(c(C)c(O)c4c2c(C)c(c1[B])C4)C3. The Bertz CT molecular complexity index is 3530. The summed E-state index contributed by atoms with van der Waals surface area (Å²) < 4.78 is 0. The van der Waals surface area contributed by atoms with Crippen LogP contribution in [-0.4, -0.2) is 36.1 Å². The van der Waals surface area contributed by atoms with Gasteiger partial charge in [0.1, 0.15) is 38.7 Å². The first kappa shape index (κ1) is 44.8. The van der Waals surface area contributed by atoms with E-state index in [4.69, 9.17) is 41.0 Å². The minimum atomic E-state index is 0.0595. The minimum absolute atomic E-state index is 0.0595. The van der Waals surface area contributed by atoms with Gasteiger partial charge in [-0.1, -0.05) is 29.2 Å². The van der Waals surface area contributed by atoms with Gasteiger partial charge in [-0.15, -0.1) is 31.8 Å². The second-order valence-electron chi connectivity index (χ2n) is 18.8. The lowest BCUT2D eigenvalue weighted by Crippen LogP contribution is -2.18. The van der Waals surface area contributed by atoms with Gasteiger partial charge in [0.2, 0.25) is 0 Å². The van der Waals surface area contributed by atoms with Crippen molar-refractivity contribution >= 4 is 106 Å². The van der Waals surface area contributed by atoms with E-state index in [0.717, 1.165) is 145 Å². The second kappa shape index (κ2) is 15.6. The summed E-state index contributed by atoms with van der Waals surface area (Å²) in [5.74, 6) is 0.620. The molecule has 0 saturated carbocycles. The van der Waals surface area contributed by atoms with E-state index in [1.807, 2.05) is 47.6 Å². The van der Waals surface area contributed by atoms with Gasteiger partial charge in [-0.3, -0.25) is 0 Å². The third-order valence-electron chi connectivity index (χ3n) is 15.6. The Morgan fingerprint density at radius 1 is 0.600 bits per heavy atom. The van der Waals surface area contributed by atoms with Crippen LogP contribution in [-0.2, 0) is 12.8 Å². The van der Waals surface area contributed by atoms with Gasteiger partial charge in [-0.05, 0) is 246 Å². The zero-order valence-corrected chi connectivity index (χ0v) is 41.0. The summed E-state index contributed by atoms with van der Waals surface area (Å²) in [5, 5.41) is 55.0. The van der Waals surface area contributed by atoms with E-state index >= 15 is 0 Å². The van der Waals surface area contributed by atoms with Crippen LogP contribution < -0.4 is 5.46 Å². The number of aromatic hydroxyl groups is 4. The largest absolute Gasteiger partial charge is 0.507 e. The molecule has 324 valence electrons. The number of allylic oxidation sites excluding steroid dienone is 9. The summed E-state index contributed by atoms with van der Waals surface area (Å²) in [4.78, 5) is 1.03. The molecule has 9 rings (SSSR count). The van der Waals surface area contributed by atoms with E-state index in [1.54, 1.807) is 6.07 Å². The molecule has 0 aromatic heterocycles. The molecule has 0 amide bonds. The fraction of sp³-hybridized carbons (Fsp3) is 0.263. The Labute approximate surface area is 396 Å². The molecule has 0 aliphatic heterocycles. The van der Waals surface area contributed by atoms with E-state index in [9.17, 15) is 20.4 Å². The molecule has 3 aliphatic carbocycles. The lowest BCUT2D eigenvalue weighted by atomic mass is 9.73. The minimum Gasteiger partial charge on any atom is -0.507 e. The van der Waals surface area contributed by atoms with Crippen LogP contribution in [0.5, 0.6) is 23.0 Å². The van der Waals surface area contributed by atoms with Crippen molar-refractivity contribution in [2.75, 3.05) is 0 Å². The predicted molar refractivity (Wildman–Crippen MR) is 283 cm³/mol. The highest BCUT2D eigenvalue weighted by Crippen LogP contribution is 2.54. The number of hydrogen-bond acceptors (Lipinski definition) is 6. The third kappa shape index (κ3) is 6.15. The molecule has 4 nitrogen and oxygen atoms in total. The van der Waals surface area contributed by atoms with Crippen LogP contribution in [0, 0.1) is 55.4 Å². The van der Waals surface area contributed by atoms with Crippen molar-refractivity contribution in [1.82, 2.24) is 0 Å². The molecule has 3 aliphatic rings. The van der Waals surface area contributed by atoms with Gasteiger partial charge >= 0.3 is 0 Å². The number of benzene rings is 5. The summed E-state index contributed by atoms with van der Waals surface area (Å²) in [5.41, 5.74) is 18.9. The van der Waals surface area contributed by atoms with Crippen LogP contribution in [0.15, 0.2) is 63.3 Å². The molecule has 0 spiro atoms. The van der Waals surface area contributed by atoms with Gasteiger partial charge in [0.15, 0.2) is 0 Å². The first-order valence-corrected chi connectivity index (χ1v) is 23.2. The van der Waals surface area contributed by atoms with Crippen LogP contribution >= 0.6 is 25.3 Å². The van der Waals surface area contributed by atoms with Crippen molar-refractivity contribution in [1.29, 1.82) is 0 Å². The Kier molecular flexibility index (Phi) is 10.7. The van der Waals surface area contributed by atoms with Crippen molar-refractivity contribution < 1.29 is 20.4 Å². The topological polar surface area (TPSA) is 80.9 Å². The van der Waals surface area contributed by atoms with Gasteiger partial charge in [-0.2, -0.15) is 0 Å². The van der Waals surface area contributed by atoms with E-state index in [-0.39, 0.29) is 23.0 Å². The van der Waals surface area contributed by atoms with Gasteiger partial charge in [0.25, 0.3) is 0 Å². The summed E-state index contributed by atoms with van der Waals surface area (Å²) in [6.07, 6.45) is 9.21. The molecule has 4 N–H and O–H groups in total. The van der Waals surface area contributed by atoms with Crippen LogP contribution in [0.2, 0.25) is 0 Å². The highest BCUT2D eigenvalue weighted by atomic mass is 32.1.